The summed E-state index contributed by atoms with van der Waals surface area (Å²) in [5, 5.41) is 0. The molecule has 3 aromatic rings. The van der Waals surface area contributed by atoms with Crippen molar-refractivity contribution >= 4 is 5.91 Å². The molecule has 1 aromatic carbocycles. The number of benzene rings is 1. The first-order valence-corrected chi connectivity index (χ1v) is 9.47. The van der Waals surface area contributed by atoms with E-state index in [9.17, 15) is 4.79 Å². The van der Waals surface area contributed by atoms with Crippen LogP contribution in [0.3, 0.4) is 0 Å². The van der Waals surface area contributed by atoms with E-state index in [0.29, 0.717) is 5.56 Å². The zero-order valence-corrected chi connectivity index (χ0v) is 16.8. The number of nitrogens with zero attached hydrogens (tertiary/aromatic N) is 5. The Morgan fingerprint density at radius 3 is 2.54 bits per heavy atom. The van der Waals surface area contributed by atoms with Crippen molar-refractivity contribution < 1.29 is 4.79 Å². The molecule has 2 heterocycles. The molecule has 0 N–H and O–H groups in total. The molecule has 1 atom stereocenters. The Balaban J connectivity index is 1.83. The van der Waals surface area contributed by atoms with Gasteiger partial charge in [0.25, 0.3) is 5.91 Å². The van der Waals surface area contributed by atoms with Gasteiger partial charge in [0.2, 0.25) is 0 Å². The first-order valence-electron chi connectivity index (χ1n) is 9.47. The molecule has 0 radical (unpaired) electrons. The van der Waals surface area contributed by atoms with Crippen LogP contribution in [0.25, 0.3) is 11.3 Å². The molecule has 0 fully saturated rings. The lowest BCUT2D eigenvalue weighted by atomic mass is 10.0. The Hall–Kier alpha value is -3.15. The molecule has 6 heteroatoms. The Morgan fingerprint density at radius 1 is 1.14 bits per heavy atom. The lowest BCUT2D eigenvalue weighted by Crippen LogP contribution is -2.30. The number of hydrogen-bond acceptors (Lipinski definition) is 5. The molecular formula is C22H25N5O. The molecule has 144 valence electrons. The summed E-state index contributed by atoms with van der Waals surface area (Å²) < 4.78 is 0. The molecule has 0 spiro atoms. The summed E-state index contributed by atoms with van der Waals surface area (Å²) in [6.07, 6.45) is 7.04. The van der Waals surface area contributed by atoms with Gasteiger partial charge in [-0.25, -0.2) is 19.9 Å². The van der Waals surface area contributed by atoms with E-state index in [1.807, 2.05) is 50.4 Å². The SMILES string of the molecule is CCCc1cnc(C)nc1-c1ccc(C(=O)N(C)[C@@H](C)c2ccncn2)cc1. The molecule has 0 aliphatic rings. The minimum atomic E-state index is -0.143. The number of aryl methyl sites for hydroxylation is 2. The molecule has 28 heavy (non-hydrogen) atoms. The molecular weight excluding hydrogens is 350 g/mol. The van der Waals surface area contributed by atoms with Crippen molar-refractivity contribution in [2.45, 2.75) is 39.7 Å². The number of carbonyl (C=O) groups excluding carboxylic acids is 1. The third-order valence-corrected chi connectivity index (χ3v) is 4.84. The fraction of sp³-hybridized carbons (Fsp3) is 0.318. The largest absolute Gasteiger partial charge is 0.333 e. The minimum absolute atomic E-state index is 0.0506. The van der Waals surface area contributed by atoms with E-state index >= 15 is 0 Å². The topological polar surface area (TPSA) is 71.9 Å². The highest BCUT2D eigenvalue weighted by Crippen LogP contribution is 2.24. The van der Waals surface area contributed by atoms with Crippen LogP contribution in [0, 0.1) is 6.92 Å². The van der Waals surface area contributed by atoms with Gasteiger partial charge < -0.3 is 4.90 Å². The van der Waals surface area contributed by atoms with E-state index in [0.717, 1.165) is 41.2 Å². The summed E-state index contributed by atoms with van der Waals surface area (Å²) in [6.45, 7) is 5.98. The third kappa shape index (κ3) is 4.22. The van der Waals surface area contributed by atoms with Crippen LogP contribution in [0.15, 0.2) is 49.1 Å². The second kappa shape index (κ2) is 8.69. The second-order valence-electron chi connectivity index (χ2n) is 6.84. The summed E-state index contributed by atoms with van der Waals surface area (Å²) >= 11 is 0. The van der Waals surface area contributed by atoms with Gasteiger partial charge in [0.05, 0.1) is 17.4 Å². The van der Waals surface area contributed by atoms with Gasteiger partial charge in [0.1, 0.15) is 12.2 Å². The normalized spacial score (nSPS) is 11.9. The highest BCUT2D eigenvalue weighted by molar-refractivity contribution is 5.94. The summed E-state index contributed by atoms with van der Waals surface area (Å²) in [6, 6.07) is 9.30. The van der Waals surface area contributed by atoms with E-state index < -0.39 is 0 Å². The van der Waals surface area contributed by atoms with Gasteiger partial charge in [-0.15, -0.1) is 0 Å². The van der Waals surface area contributed by atoms with Crippen molar-refractivity contribution in [2.75, 3.05) is 7.05 Å². The van der Waals surface area contributed by atoms with Crippen molar-refractivity contribution in [3.8, 4) is 11.3 Å². The fourth-order valence-corrected chi connectivity index (χ4v) is 3.09. The molecule has 0 saturated heterocycles. The van der Waals surface area contributed by atoms with Crippen LogP contribution in [0.5, 0.6) is 0 Å². The van der Waals surface area contributed by atoms with Crippen molar-refractivity contribution in [1.29, 1.82) is 0 Å². The molecule has 0 bridgehead atoms. The van der Waals surface area contributed by atoms with Crippen LogP contribution < -0.4 is 0 Å². The second-order valence-corrected chi connectivity index (χ2v) is 6.84. The van der Waals surface area contributed by atoms with Gasteiger partial charge in [-0.2, -0.15) is 0 Å². The van der Waals surface area contributed by atoms with Crippen LogP contribution >= 0.6 is 0 Å². The van der Waals surface area contributed by atoms with Crippen LogP contribution in [0.4, 0.5) is 0 Å². The van der Waals surface area contributed by atoms with Gasteiger partial charge in [0, 0.05) is 30.6 Å². The van der Waals surface area contributed by atoms with Crippen molar-refractivity contribution in [2.24, 2.45) is 0 Å². The quantitative estimate of drug-likeness (QED) is 0.650. The molecule has 2 aromatic heterocycles. The highest BCUT2D eigenvalue weighted by Gasteiger charge is 2.20. The minimum Gasteiger partial charge on any atom is -0.333 e. The molecule has 0 aliphatic carbocycles. The van der Waals surface area contributed by atoms with Gasteiger partial charge >= 0.3 is 0 Å². The molecule has 0 unspecified atom stereocenters. The molecule has 3 rings (SSSR count). The zero-order valence-electron chi connectivity index (χ0n) is 16.8. The summed E-state index contributed by atoms with van der Waals surface area (Å²) in [4.78, 5) is 31.7. The molecule has 1 amide bonds. The average molecular weight is 375 g/mol. The zero-order chi connectivity index (χ0) is 20.1. The lowest BCUT2D eigenvalue weighted by molar-refractivity contribution is 0.0739. The average Bonchev–Trinajstić information content (AvgIpc) is 2.74. The van der Waals surface area contributed by atoms with E-state index in [1.165, 1.54) is 6.33 Å². The van der Waals surface area contributed by atoms with Gasteiger partial charge in [-0.05, 0) is 44.0 Å². The predicted molar refractivity (Wildman–Crippen MR) is 109 cm³/mol. The highest BCUT2D eigenvalue weighted by atomic mass is 16.2. The number of rotatable bonds is 6. The fourth-order valence-electron chi connectivity index (χ4n) is 3.09. The number of aromatic nitrogens is 4. The standard InChI is InChI=1S/C22H25N5O/c1-5-6-19-13-24-16(3)26-21(19)17-7-9-18(10-8-17)22(28)27(4)15(2)20-11-12-23-14-25-20/h7-15H,5-6H2,1-4H3/t15-/m0/s1. The van der Waals surface area contributed by atoms with E-state index in [1.54, 1.807) is 18.1 Å². The summed E-state index contributed by atoms with van der Waals surface area (Å²) in [5.41, 5.74) is 4.51. The summed E-state index contributed by atoms with van der Waals surface area (Å²) in [5.74, 6) is 0.693. The molecule has 0 saturated carbocycles. The van der Waals surface area contributed by atoms with Crippen LogP contribution in [-0.2, 0) is 6.42 Å². The van der Waals surface area contributed by atoms with E-state index in [2.05, 4.69) is 26.9 Å². The van der Waals surface area contributed by atoms with Crippen LogP contribution in [0.2, 0.25) is 0 Å². The van der Waals surface area contributed by atoms with Gasteiger partial charge in [0.15, 0.2) is 0 Å². The Morgan fingerprint density at radius 2 is 1.89 bits per heavy atom. The number of hydrogen-bond donors (Lipinski definition) is 0. The Kier molecular flexibility index (Phi) is 6.09. The maximum Gasteiger partial charge on any atom is 0.254 e. The van der Waals surface area contributed by atoms with Crippen LogP contribution in [-0.4, -0.2) is 37.8 Å². The Bertz CT molecular complexity index is 941. The van der Waals surface area contributed by atoms with Gasteiger partial charge in [-0.3, -0.25) is 4.79 Å². The van der Waals surface area contributed by atoms with E-state index in [4.69, 9.17) is 0 Å². The maximum atomic E-state index is 12.9. The number of amides is 1. The lowest BCUT2D eigenvalue weighted by Gasteiger charge is -2.24. The molecule has 6 nitrogen and oxygen atoms in total. The first kappa shape index (κ1) is 19.6. The maximum absolute atomic E-state index is 12.9. The molecule has 0 aliphatic heterocycles. The van der Waals surface area contributed by atoms with E-state index in [-0.39, 0.29) is 11.9 Å². The predicted octanol–water partition coefficient (Wildman–Crippen LogP) is 4.03. The van der Waals surface area contributed by atoms with Crippen molar-refractivity contribution in [3.05, 3.63) is 71.7 Å². The van der Waals surface area contributed by atoms with Crippen molar-refractivity contribution in [3.63, 3.8) is 0 Å². The first-order chi connectivity index (χ1) is 13.5. The van der Waals surface area contributed by atoms with Crippen molar-refractivity contribution in [1.82, 2.24) is 24.8 Å². The summed E-state index contributed by atoms with van der Waals surface area (Å²) in [7, 11) is 1.79. The van der Waals surface area contributed by atoms with Crippen LogP contribution in [0.1, 0.15) is 53.7 Å². The third-order valence-electron chi connectivity index (χ3n) is 4.84. The number of carbonyl (C=O) groups is 1. The van der Waals surface area contributed by atoms with Gasteiger partial charge in [-0.1, -0.05) is 25.5 Å². The Labute approximate surface area is 165 Å². The smallest absolute Gasteiger partial charge is 0.254 e. The monoisotopic (exact) mass is 375 g/mol.